The number of methoxy groups -OCH3 is 1. The summed E-state index contributed by atoms with van der Waals surface area (Å²) < 4.78 is 10.6. The molecule has 0 aliphatic rings. The Morgan fingerprint density at radius 2 is 1.66 bits per heavy atom. The highest BCUT2D eigenvalue weighted by Gasteiger charge is 2.25. The zero-order valence-electron chi connectivity index (χ0n) is 17.1. The van der Waals surface area contributed by atoms with E-state index in [4.69, 9.17) is 9.47 Å². The number of hydrogen-bond acceptors (Lipinski definition) is 5. The monoisotopic (exact) mass is 399 g/mol. The Morgan fingerprint density at radius 1 is 1.00 bits per heavy atom. The number of ether oxygens (including phenoxy) is 2. The van der Waals surface area contributed by atoms with Crippen molar-refractivity contribution in [1.29, 1.82) is 0 Å². The molecule has 0 spiro atoms. The molecule has 0 saturated carbocycles. The van der Waals surface area contributed by atoms with E-state index in [1.165, 1.54) is 7.11 Å². The van der Waals surface area contributed by atoms with Crippen molar-refractivity contribution in [3.8, 4) is 5.75 Å². The number of amides is 1. The van der Waals surface area contributed by atoms with Crippen LogP contribution < -0.4 is 10.1 Å². The van der Waals surface area contributed by atoms with Crippen LogP contribution in [0.3, 0.4) is 0 Å². The maximum Gasteiger partial charge on any atom is 0.328 e. The molecule has 0 saturated heterocycles. The van der Waals surface area contributed by atoms with Crippen LogP contribution >= 0.6 is 0 Å². The second-order valence-electron chi connectivity index (χ2n) is 7.35. The molecule has 0 aromatic heterocycles. The van der Waals surface area contributed by atoms with E-state index in [0.29, 0.717) is 18.8 Å². The van der Waals surface area contributed by atoms with Gasteiger partial charge < -0.3 is 19.9 Å². The van der Waals surface area contributed by atoms with Crippen molar-refractivity contribution in [2.24, 2.45) is 5.92 Å². The Hall–Kier alpha value is -2.86. The van der Waals surface area contributed by atoms with E-state index in [1.54, 1.807) is 0 Å². The molecule has 156 valence electrons. The van der Waals surface area contributed by atoms with E-state index in [-0.39, 0.29) is 12.3 Å². The molecule has 1 amide bonds. The van der Waals surface area contributed by atoms with Gasteiger partial charge in [0.2, 0.25) is 5.91 Å². The number of esters is 1. The molecule has 0 radical (unpaired) electrons. The SMILES string of the molecule is COC(=O)[C@@H](Cc1ccc(OCc2ccccc2)cc1)NC(=O)[C@H](O)CC(C)C. The lowest BCUT2D eigenvalue weighted by molar-refractivity contribution is -0.146. The Kier molecular flexibility index (Phi) is 8.68. The van der Waals surface area contributed by atoms with Gasteiger partial charge in [0.05, 0.1) is 7.11 Å². The highest BCUT2D eigenvalue weighted by atomic mass is 16.5. The quantitative estimate of drug-likeness (QED) is 0.600. The Bertz CT molecular complexity index is 774. The molecule has 0 bridgehead atoms. The van der Waals surface area contributed by atoms with Crippen LogP contribution in [0.4, 0.5) is 0 Å². The van der Waals surface area contributed by atoms with Crippen LogP contribution in [0.5, 0.6) is 5.75 Å². The van der Waals surface area contributed by atoms with Crippen molar-refractivity contribution in [1.82, 2.24) is 5.32 Å². The summed E-state index contributed by atoms with van der Waals surface area (Å²) in [6.07, 6.45) is -0.574. The second-order valence-corrected chi connectivity index (χ2v) is 7.35. The normalized spacial score (nSPS) is 12.9. The van der Waals surface area contributed by atoms with Crippen LogP contribution in [0, 0.1) is 5.92 Å². The number of aliphatic hydroxyl groups excluding tert-OH is 1. The molecule has 0 heterocycles. The minimum absolute atomic E-state index is 0.163. The van der Waals surface area contributed by atoms with E-state index in [2.05, 4.69) is 5.32 Å². The van der Waals surface area contributed by atoms with Gasteiger partial charge in [-0.15, -0.1) is 0 Å². The third-order valence-electron chi connectivity index (χ3n) is 4.41. The van der Waals surface area contributed by atoms with Crippen molar-refractivity contribution in [2.45, 2.75) is 45.4 Å². The molecule has 2 aromatic carbocycles. The van der Waals surface area contributed by atoms with E-state index in [1.807, 2.05) is 68.4 Å². The molecular weight excluding hydrogens is 370 g/mol. The zero-order chi connectivity index (χ0) is 21.2. The van der Waals surface area contributed by atoms with Crippen molar-refractivity contribution in [3.63, 3.8) is 0 Å². The predicted octanol–water partition coefficient (Wildman–Crippen LogP) is 2.87. The van der Waals surface area contributed by atoms with Crippen molar-refractivity contribution in [2.75, 3.05) is 7.11 Å². The molecular formula is C23H29NO5. The summed E-state index contributed by atoms with van der Waals surface area (Å²) in [7, 11) is 1.27. The van der Waals surface area contributed by atoms with Crippen LogP contribution in [-0.4, -0.2) is 36.2 Å². The van der Waals surface area contributed by atoms with Crippen molar-refractivity contribution < 1.29 is 24.2 Å². The summed E-state index contributed by atoms with van der Waals surface area (Å²) in [4.78, 5) is 24.3. The first-order valence-corrected chi connectivity index (χ1v) is 9.71. The molecule has 6 nitrogen and oxygen atoms in total. The van der Waals surface area contributed by atoms with Crippen LogP contribution in [-0.2, 0) is 27.4 Å². The van der Waals surface area contributed by atoms with E-state index in [0.717, 1.165) is 11.1 Å². The summed E-state index contributed by atoms with van der Waals surface area (Å²) >= 11 is 0. The van der Waals surface area contributed by atoms with Gasteiger partial charge in [-0.1, -0.05) is 56.3 Å². The Balaban J connectivity index is 1.96. The van der Waals surface area contributed by atoms with E-state index >= 15 is 0 Å². The number of benzene rings is 2. The first-order valence-electron chi connectivity index (χ1n) is 9.71. The van der Waals surface area contributed by atoms with Gasteiger partial charge in [0, 0.05) is 6.42 Å². The maximum absolute atomic E-state index is 12.2. The lowest BCUT2D eigenvalue weighted by Crippen LogP contribution is -2.47. The lowest BCUT2D eigenvalue weighted by atomic mass is 10.0. The largest absolute Gasteiger partial charge is 0.489 e. The van der Waals surface area contributed by atoms with Crippen molar-refractivity contribution >= 4 is 11.9 Å². The van der Waals surface area contributed by atoms with Gasteiger partial charge in [0.15, 0.2) is 0 Å². The van der Waals surface area contributed by atoms with Crippen LogP contribution in [0.2, 0.25) is 0 Å². The van der Waals surface area contributed by atoms with Gasteiger partial charge in [0.1, 0.15) is 24.5 Å². The van der Waals surface area contributed by atoms with Crippen LogP contribution in [0.25, 0.3) is 0 Å². The predicted molar refractivity (Wildman–Crippen MR) is 110 cm³/mol. The lowest BCUT2D eigenvalue weighted by Gasteiger charge is -2.20. The fourth-order valence-electron chi connectivity index (χ4n) is 2.86. The highest BCUT2D eigenvalue weighted by Crippen LogP contribution is 2.16. The molecule has 0 fully saturated rings. The molecule has 0 aliphatic carbocycles. The highest BCUT2D eigenvalue weighted by molar-refractivity contribution is 5.87. The number of rotatable bonds is 10. The van der Waals surface area contributed by atoms with Crippen LogP contribution in [0.15, 0.2) is 54.6 Å². The molecule has 2 atom stereocenters. The van der Waals surface area contributed by atoms with Gasteiger partial charge in [-0.2, -0.15) is 0 Å². The summed E-state index contributed by atoms with van der Waals surface area (Å²) in [5, 5.41) is 12.6. The molecule has 0 aliphatic heterocycles. The summed E-state index contributed by atoms with van der Waals surface area (Å²) in [6.45, 7) is 4.29. The standard InChI is InChI=1S/C23H29NO5/c1-16(2)13-21(25)22(26)24-20(23(27)28-3)14-17-9-11-19(12-10-17)29-15-18-7-5-4-6-8-18/h4-12,16,20-21,25H,13-15H2,1-3H3,(H,24,26)/t20-,21-/m1/s1. The average Bonchev–Trinajstić information content (AvgIpc) is 2.72. The summed E-state index contributed by atoms with van der Waals surface area (Å²) in [5.74, 6) is -0.254. The smallest absolute Gasteiger partial charge is 0.328 e. The first kappa shape index (κ1) is 22.4. The average molecular weight is 399 g/mol. The van der Waals surface area contributed by atoms with Gasteiger partial charge in [-0.05, 0) is 35.6 Å². The molecule has 2 rings (SSSR count). The summed E-state index contributed by atoms with van der Waals surface area (Å²) in [5.41, 5.74) is 1.91. The second kappa shape index (κ2) is 11.2. The fourth-order valence-corrected chi connectivity index (χ4v) is 2.86. The molecule has 2 aromatic rings. The minimum Gasteiger partial charge on any atom is -0.489 e. The van der Waals surface area contributed by atoms with Gasteiger partial charge in [-0.3, -0.25) is 4.79 Å². The van der Waals surface area contributed by atoms with E-state index < -0.39 is 24.0 Å². The van der Waals surface area contributed by atoms with Gasteiger partial charge >= 0.3 is 5.97 Å². The number of carbonyl (C=O) groups is 2. The number of nitrogens with one attached hydrogen (secondary N) is 1. The molecule has 29 heavy (non-hydrogen) atoms. The Morgan fingerprint density at radius 3 is 2.24 bits per heavy atom. The molecule has 6 heteroatoms. The third kappa shape index (κ3) is 7.58. The number of aliphatic hydroxyl groups is 1. The van der Waals surface area contributed by atoms with Gasteiger partial charge in [0.25, 0.3) is 0 Å². The Labute approximate surface area is 171 Å². The van der Waals surface area contributed by atoms with E-state index in [9.17, 15) is 14.7 Å². The molecule has 0 unspecified atom stereocenters. The van der Waals surface area contributed by atoms with Gasteiger partial charge in [-0.25, -0.2) is 4.79 Å². The molecule has 2 N–H and O–H groups in total. The minimum atomic E-state index is -1.16. The van der Waals surface area contributed by atoms with Crippen LogP contribution in [0.1, 0.15) is 31.4 Å². The number of hydrogen-bond donors (Lipinski definition) is 2. The maximum atomic E-state index is 12.2. The zero-order valence-corrected chi connectivity index (χ0v) is 17.1. The van der Waals surface area contributed by atoms with Crippen molar-refractivity contribution in [3.05, 3.63) is 65.7 Å². The topological polar surface area (TPSA) is 84.9 Å². The fraction of sp³-hybridized carbons (Fsp3) is 0.391. The number of carbonyl (C=O) groups excluding carboxylic acids is 2. The first-order chi connectivity index (χ1) is 13.9. The third-order valence-corrected chi connectivity index (χ3v) is 4.41. The summed E-state index contributed by atoms with van der Waals surface area (Å²) in [6, 6.07) is 16.3.